The van der Waals surface area contributed by atoms with E-state index >= 15 is 0 Å². The normalized spacial score (nSPS) is 26.5. The van der Waals surface area contributed by atoms with Crippen LogP contribution >= 0.6 is 0 Å². The molecule has 4 nitrogen and oxygen atoms in total. The van der Waals surface area contributed by atoms with E-state index < -0.39 is 5.97 Å². The van der Waals surface area contributed by atoms with E-state index in [2.05, 4.69) is 19.2 Å². The van der Waals surface area contributed by atoms with Gasteiger partial charge in [0.25, 0.3) is 0 Å². The number of nitrogens with one attached hydrogen (secondary N) is 1. The number of hydrogen-bond donors (Lipinski definition) is 2. The summed E-state index contributed by atoms with van der Waals surface area (Å²) in [5.74, 6) is -0.566. The quantitative estimate of drug-likeness (QED) is 0.779. The molecule has 2 N–H and O–H groups in total. The molecular weight excluding hydrogens is 242 g/mol. The first-order chi connectivity index (χ1) is 8.93. The van der Waals surface area contributed by atoms with E-state index in [1.54, 1.807) is 0 Å². The maximum absolute atomic E-state index is 12.1. The lowest BCUT2D eigenvalue weighted by Crippen LogP contribution is -2.40. The second-order valence-corrected chi connectivity index (χ2v) is 6.06. The summed E-state index contributed by atoms with van der Waals surface area (Å²) in [6.07, 6.45) is 4.97. The van der Waals surface area contributed by atoms with Gasteiger partial charge in [0.2, 0.25) is 5.91 Å². The van der Waals surface area contributed by atoms with Crippen LogP contribution in [0.1, 0.15) is 59.3 Å². The number of rotatable bonds is 6. The molecule has 0 radical (unpaired) electrons. The molecule has 1 aliphatic carbocycles. The van der Waals surface area contributed by atoms with E-state index in [1.165, 1.54) is 0 Å². The van der Waals surface area contributed by atoms with E-state index in [1.807, 2.05) is 6.92 Å². The van der Waals surface area contributed by atoms with E-state index in [4.69, 9.17) is 5.11 Å². The topological polar surface area (TPSA) is 66.4 Å². The van der Waals surface area contributed by atoms with Crippen LogP contribution in [0.15, 0.2) is 0 Å². The molecule has 1 saturated carbocycles. The van der Waals surface area contributed by atoms with Crippen molar-refractivity contribution < 1.29 is 14.7 Å². The van der Waals surface area contributed by atoms with Crippen molar-refractivity contribution in [2.24, 2.45) is 17.8 Å². The molecule has 0 aliphatic heterocycles. The third kappa shape index (κ3) is 5.21. The zero-order chi connectivity index (χ0) is 14.4. The minimum atomic E-state index is -0.759. The van der Waals surface area contributed by atoms with E-state index in [0.717, 1.165) is 25.7 Å². The third-order valence-electron chi connectivity index (χ3n) is 4.24. The maximum Gasteiger partial charge on any atom is 0.306 e. The van der Waals surface area contributed by atoms with Crippen molar-refractivity contribution in [1.82, 2.24) is 5.32 Å². The van der Waals surface area contributed by atoms with E-state index in [-0.39, 0.29) is 23.8 Å². The van der Waals surface area contributed by atoms with Gasteiger partial charge < -0.3 is 10.4 Å². The summed E-state index contributed by atoms with van der Waals surface area (Å²) < 4.78 is 0. The highest BCUT2D eigenvalue weighted by Crippen LogP contribution is 2.29. The summed E-state index contributed by atoms with van der Waals surface area (Å²) in [6, 6.07) is 0.174. The number of carboxylic acids is 1. The van der Waals surface area contributed by atoms with Gasteiger partial charge in [-0.3, -0.25) is 9.59 Å². The minimum Gasteiger partial charge on any atom is -0.481 e. The van der Waals surface area contributed by atoms with Crippen LogP contribution in [-0.4, -0.2) is 23.0 Å². The molecule has 0 aromatic rings. The molecule has 110 valence electrons. The van der Waals surface area contributed by atoms with Crippen LogP contribution in [0, 0.1) is 17.8 Å². The Morgan fingerprint density at radius 3 is 2.47 bits per heavy atom. The van der Waals surface area contributed by atoms with Crippen molar-refractivity contribution >= 4 is 11.9 Å². The average molecular weight is 269 g/mol. The Kier molecular flexibility index (Phi) is 6.32. The Hall–Kier alpha value is -1.06. The Morgan fingerprint density at radius 1 is 1.26 bits per heavy atom. The van der Waals surface area contributed by atoms with Crippen molar-refractivity contribution in [1.29, 1.82) is 0 Å². The molecule has 19 heavy (non-hydrogen) atoms. The number of carbonyl (C=O) groups excluding carboxylic acids is 1. The fraction of sp³-hybridized carbons (Fsp3) is 0.867. The molecule has 4 heteroatoms. The second kappa shape index (κ2) is 7.51. The summed E-state index contributed by atoms with van der Waals surface area (Å²) in [4.78, 5) is 23.1. The lowest BCUT2D eigenvalue weighted by atomic mass is 9.81. The molecule has 1 amide bonds. The summed E-state index contributed by atoms with van der Waals surface area (Å²) in [5, 5.41) is 12.1. The molecule has 1 aliphatic rings. The Morgan fingerprint density at radius 2 is 1.89 bits per heavy atom. The fourth-order valence-corrected chi connectivity index (χ4v) is 2.84. The smallest absolute Gasteiger partial charge is 0.306 e. The molecule has 1 fully saturated rings. The van der Waals surface area contributed by atoms with Crippen molar-refractivity contribution in [2.75, 3.05) is 0 Å². The van der Waals surface area contributed by atoms with Crippen LogP contribution < -0.4 is 5.32 Å². The van der Waals surface area contributed by atoms with Crippen LogP contribution in [-0.2, 0) is 9.59 Å². The summed E-state index contributed by atoms with van der Waals surface area (Å²) in [6.45, 7) is 6.36. The number of carboxylic acid groups (broad SMARTS) is 1. The molecule has 0 bridgehead atoms. The summed E-state index contributed by atoms with van der Waals surface area (Å²) in [5.41, 5.74) is 0. The van der Waals surface area contributed by atoms with Crippen molar-refractivity contribution in [2.45, 2.75) is 65.3 Å². The molecule has 0 heterocycles. The van der Waals surface area contributed by atoms with Gasteiger partial charge in [0.15, 0.2) is 0 Å². The Balaban J connectivity index is 2.42. The van der Waals surface area contributed by atoms with Crippen LogP contribution in [0.3, 0.4) is 0 Å². The van der Waals surface area contributed by atoms with Crippen LogP contribution in [0.25, 0.3) is 0 Å². The standard InChI is InChI=1S/C15H27NO3/c1-4-10(2)8-11(3)16-14(17)12-6-5-7-13(9-12)15(18)19/h10-13H,4-9H2,1-3H3,(H,16,17)(H,18,19). The number of carbonyl (C=O) groups is 2. The highest BCUT2D eigenvalue weighted by molar-refractivity contribution is 5.80. The summed E-state index contributed by atoms with van der Waals surface area (Å²) in [7, 11) is 0. The van der Waals surface area contributed by atoms with Gasteiger partial charge in [-0.1, -0.05) is 26.7 Å². The first kappa shape index (κ1) is 16.0. The molecule has 1 rings (SSSR count). The molecular formula is C15H27NO3. The van der Waals surface area contributed by atoms with Gasteiger partial charge in [-0.05, 0) is 38.5 Å². The predicted octanol–water partition coefficient (Wildman–Crippen LogP) is 2.82. The molecule has 0 spiro atoms. The van der Waals surface area contributed by atoms with Gasteiger partial charge in [-0.15, -0.1) is 0 Å². The predicted molar refractivity (Wildman–Crippen MR) is 74.8 cm³/mol. The van der Waals surface area contributed by atoms with E-state index in [9.17, 15) is 9.59 Å². The minimum absolute atomic E-state index is 0.0433. The first-order valence-electron chi connectivity index (χ1n) is 7.47. The second-order valence-electron chi connectivity index (χ2n) is 6.06. The first-order valence-corrected chi connectivity index (χ1v) is 7.47. The third-order valence-corrected chi connectivity index (χ3v) is 4.24. The van der Waals surface area contributed by atoms with Gasteiger partial charge in [-0.25, -0.2) is 0 Å². The largest absolute Gasteiger partial charge is 0.481 e. The zero-order valence-corrected chi connectivity index (χ0v) is 12.3. The highest BCUT2D eigenvalue weighted by atomic mass is 16.4. The van der Waals surface area contributed by atoms with E-state index in [0.29, 0.717) is 18.8 Å². The number of amides is 1. The monoisotopic (exact) mass is 269 g/mol. The highest BCUT2D eigenvalue weighted by Gasteiger charge is 2.31. The summed E-state index contributed by atoms with van der Waals surface area (Å²) >= 11 is 0. The molecule has 4 unspecified atom stereocenters. The Labute approximate surface area is 116 Å². The van der Waals surface area contributed by atoms with Gasteiger partial charge in [0, 0.05) is 12.0 Å². The average Bonchev–Trinajstić information content (AvgIpc) is 2.38. The zero-order valence-electron chi connectivity index (χ0n) is 12.3. The number of hydrogen-bond acceptors (Lipinski definition) is 2. The lowest BCUT2D eigenvalue weighted by Gasteiger charge is -2.27. The van der Waals surface area contributed by atoms with Gasteiger partial charge in [-0.2, -0.15) is 0 Å². The van der Waals surface area contributed by atoms with Crippen molar-refractivity contribution in [3.05, 3.63) is 0 Å². The maximum atomic E-state index is 12.1. The molecule has 0 aromatic heterocycles. The molecule has 0 saturated heterocycles. The number of aliphatic carboxylic acids is 1. The lowest BCUT2D eigenvalue weighted by molar-refractivity contribution is -0.144. The van der Waals surface area contributed by atoms with Gasteiger partial charge in [0.05, 0.1) is 5.92 Å². The van der Waals surface area contributed by atoms with Crippen LogP contribution in [0.4, 0.5) is 0 Å². The SMILES string of the molecule is CCC(C)CC(C)NC(=O)C1CCCC(C(=O)O)C1. The molecule has 4 atom stereocenters. The van der Waals surface area contributed by atoms with Crippen molar-refractivity contribution in [3.8, 4) is 0 Å². The molecule has 0 aromatic carbocycles. The van der Waals surface area contributed by atoms with Crippen LogP contribution in [0.5, 0.6) is 0 Å². The Bertz CT molecular complexity index is 317. The fourth-order valence-electron chi connectivity index (χ4n) is 2.84. The van der Waals surface area contributed by atoms with Crippen molar-refractivity contribution in [3.63, 3.8) is 0 Å². The van der Waals surface area contributed by atoms with Gasteiger partial charge >= 0.3 is 5.97 Å². The van der Waals surface area contributed by atoms with Gasteiger partial charge in [0.1, 0.15) is 0 Å². The van der Waals surface area contributed by atoms with Crippen LogP contribution in [0.2, 0.25) is 0 Å².